The molecule has 0 aliphatic carbocycles. The fourth-order valence-electron chi connectivity index (χ4n) is 2.54. The first-order chi connectivity index (χ1) is 14.0. The Labute approximate surface area is 173 Å². The smallest absolute Gasteiger partial charge is 0.349 e. The third-order valence-corrected chi connectivity index (χ3v) is 4.25. The summed E-state index contributed by atoms with van der Waals surface area (Å²) in [4.78, 5) is 24.1. The molecular formula is C23H19ClO5. The highest BCUT2D eigenvalue weighted by atomic mass is 35.5. The van der Waals surface area contributed by atoms with Gasteiger partial charge in [0.1, 0.15) is 18.1 Å². The van der Waals surface area contributed by atoms with E-state index in [1.807, 2.05) is 37.3 Å². The van der Waals surface area contributed by atoms with Crippen LogP contribution in [0.4, 0.5) is 0 Å². The summed E-state index contributed by atoms with van der Waals surface area (Å²) in [6, 6.07) is 20.7. The molecule has 0 saturated carbocycles. The van der Waals surface area contributed by atoms with Crippen molar-refractivity contribution in [1.29, 1.82) is 0 Å². The summed E-state index contributed by atoms with van der Waals surface area (Å²) in [7, 11) is 0. The van der Waals surface area contributed by atoms with E-state index in [-0.39, 0.29) is 13.2 Å². The van der Waals surface area contributed by atoms with Crippen molar-refractivity contribution in [3.63, 3.8) is 0 Å². The fourth-order valence-corrected chi connectivity index (χ4v) is 2.76. The van der Waals surface area contributed by atoms with Crippen molar-refractivity contribution in [2.45, 2.75) is 13.5 Å². The SMILES string of the molecule is Cc1cc(Cl)ccc1OCC(=O)Oc1ccc(C(=O)OCc2ccccc2)cc1. The van der Waals surface area contributed by atoms with Gasteiger partial charge in [0.05, 0.1) is 5.56 Å². The molecule has 0 spiro atoms. The van der Waals surface area contributed by atoms with E-state index in [2.05, 4.69) is 0 Å². The molecule has 0 heterocycles. The van der Waals surface area contributed by atoms with Crippen molar-refractivity contribution in [1.82, 2.24) is 0 Å². The van der Waals surface area contributed by atoms with Crippen molar-refractivity contribution in [2.24, 2.45) is 0 Å². The van der Waals surface area contributed by atoms with Crippen LogP contribution in [-0.2, 0) is 16.1 Å². The van der Waals surface area contributed by atoms with Crippen LogP contribution in [0.5, 0.6) is 11.5 Å². The molecule has 5 nitrogen and oxygen atoms in total. The number of esters is 2. The van der Waals surface area contributed by atoms with Crippen LogP contribution in [0.3, 0.4) is 0 Å². The Bertz CT molecular complexity index is 984. The molecule has 0 amide bonds. The third-order valence-electron chi connectivity index (χ3n) is 4.02. The van der Waals surface area contributed by atoms with Crippen molar-refractivity contribution in [3.05, 3.63) is 94.5 Å². The molecule has 0 saturated heterocycles. The Balaban J connectivity index is 1.49. The lowest BCUT2D eigenvalue weighted by Gasteiger charge is -2.09. The maximum absolute atomic E-state index is 12.1. The highest BCUT2D eigenvalue weighted by Crippen LogP contribution is 2.22. The predicted octanol–water partition coefficient (Wildman–Crippen LogP) is 4.99. The second-order valence-electron chi connectivity index (χ2n) is 6.26. The van der Waals surface area contributed by atoms with E-state index in [9.17, 15) is 9.59 Å². The minimum absolute atomic E-state index is 0.192. The Hall–Kier alpha value is -3.31. The van der Waals surface area contributed by atoms with E-state index in [1.165, 1.54) is 12.1 Å². The first-order valence-corrected chi connectivity index (χ1v) is 9.30. The van der Waals surface area contributed by atoms with E-state index >= 15 is 0 Å². The van der Waals surface area contributed by atoms with Crippen molar-refractivity contribution in [3.8, 4) is 11.5 Å². The molecule has 148 valence electrons. The van der Waals surface area contributed by atoms with Gasteiger partial charge in [-0.2, -0.15) is 0 Å². The van der Waals surface area contributed by atoms with Crippen LogP contribution in [0.2, 0.25) is 5.02 Å². The van der Waals surface area contributed by atoms with E-state index in [0.717, 1.165) is 11.1 Å². The number of carbonyl (C=O) groups is 2. The first-order valence-electron chi connectivity index (χ1n) is 8.92. The lowest BCUT2D eigenvalue weighted by Crippen LogP contribution is -2.18. The van der Waals surface area contributed by atoms with Gasteiger partial charge in [0.15, 0.2) is 6.61 Å². The second-order valence-corrected chi connectivity index (χ2v) is 6.70. The van der Waals surface area contributed by atoms with Gasteiger partial charge in [-0.25, -0.2) is 9.59 Å². The molecule has 3 rings (SSSR count). The molecule has 0 N–H and O–H groups in total. The lowest BCUT2D eigenvalue weighted by molar-refractivity contribution is -0.136. The number of carbonyl (C=O) groups excluding carboxylic acids is 2. The summed E-state index contributed by atoms with van der Waals surface area (Å²) in [5.41, 5.74) is 2.10. The van der Waals surface area contributed by atoms with Gasteiger partial charge in [-0.15, -0.1) is 0 Å². The Morgan fingerprint density at radius 1 is 0.931 bits per heavy atom. The molecule has 0 unspecified atom stereocenters. The molecule has 3 aromatic rings. The highest BCUT2D eigenvalue weighted by Gasteiger charge is 2.11. The molecule has 3 aromatic carbocycles. The summed E-state index contributed by atoms with van der Waals surface area (Å²) in [5, 5.41) is 0.597. The zero-order valence-electron chi connectivity index (χ0n) is 15.8. The molecule has 0 aliphatic heterocycles. The largest absolute Gasteiger partial charge is 0.482 e. The number of halogens is 1. The summed E-state index contributed by atoms with van der Waals surface area (Å²) < 4.78 is 15.9. The molecule has 0 radical (unpaired) electrons. The van der Waals surface area contributed by atoms with Crippen LogP contribution in [0.25, 0.3) is 0 Å². The fraction of sp³-hybridized carbons (Fsp3) is 0.130. The molecule has 0 atom stereocenters. The zero-order chi connectivity index (χ0) is 20.6. The maximum Gasteiger partial charge on any atom is 0.349 e. The van der Waals surface area contributed by atoms with Crippen LogP contribution >= 0.6 is 11.6 Å². The first kappa shape index (κ1) is 20.4. The molecule has 0 bridgehead atoms. The number of benzene rings is 3. The van der Waals surface area contributed by atoms with Crippen LogP contribution in [0.15, 0.2) is 72.8 Å². The van der Waals surface area contributed by atoms with Crippen molar-refractivity contribution < 1.29 is 23.8 Å². The predicted molar refractivity (Wildman–Crippen MR) is 109 cm³/mol. The maximum atomic E-state index is 12.1. The second kappa shape index (κ2) is 9.75. The van der Waals surface area contributed by atoms with Crippen molar-refractivity contribution >= 4 is 23.5 Å². The standard InChI is InChI=1S/C23H19ClO5/c1-16-13-19(24)9-12-21(16)27-15-22(25)29-20-10-7-18(8-11-20)23(26)28-14-17-5-3-2-4-6-17/h2-13H,14-15H2,1H3. The van der Waals surface area contributed by atoms with Gasteiger partial charge in [0.2, 0.25) is 0 Å². The summed E-state index contributed by atoms with van der Waals surface area (Å²) in [6.07, 6.45) is 0. The number of aryl methyl sites for hydroxylation is 1. The van der Waals surface area contributed by atoms with Crippen LogP contribution in [0.1, 0.15) is 21.5 Å². The quantitative estimate of drug-likeness (QED) is 0.405. The normalized spacial score (nSPS) is 10.3. The molecule has 0 aliphatic rings. The number of hydrogen-bond acceptors (Lipinski definition) is 5. The van der Waals surface area contributed by atoms with Gasteiger partial charge < -0.3 is 14.2 Å². The average Bonchev–Trinajstić information content (AvgIpc) is 2.72. The van der Waals surface area contributed by atoms with Crippen molar-refractivity contribution in [2.75, 3.05) is 6.61 Å². The third kappa shape index (κ3) is 6.09. The molecule has 0 fully saturated rings. The van der Waals surface area contributed by atoms with Crippen LogP contribution < -0.4 is 9.47 Å². The number of hydrogen-bond donors (Lipinski definition) is 0. The van der Waals surface area contributed by atoms with Gasteiger partial charge >= 0.3 is 11.9 Å². The molecule has 6 heteroatoms. The highest BCUT2D eigenvalue weighted by molar-refractivity contribution is 6.30. The summed E-state index contributed by atoms with van der Waals surface area (Å²) in [5.74, 6) is -0.138. The van der Waals surface area contributed by atoms with Gasteiger partial charge in [-0.05, 0) is 60.5 Å². The summed E-state index contributed by atoms with van der Waals surface area (Å²) >= 11 is 5.89. The van der Waals surface area contributed by atoms with Gasteiger partial charge in [-0.3, -0.25) is 0 Å². The van der Waals surface area contributed by atoms with E-state index < -0.39 is 11.9 Å². The van der Waals surface area contributed by atoms with Gasteiger partial charge in [0.25, 0.3) is 0 Å². The van der Waals surface area contributed by atoms with E-state index in [1.54, 1.807) is 30.3 Å². The lowest BCUT2D eigenvalue weighted by atomic mass is 10.2. The molecular weight excluding hydrogens is 392 g/mol. The van der Waals surface area contributed by atoms with E-state index in [4.69, 9.17) is 25.8 Å². The summed E-state index contributed by atoms with van der Waals surface area (Å²) in [6.45, 7) is 1.78. The Morgan fingerprint density at radius 3 is 2.34 bits per heavy atom. The minimum Gasteiger partial charge on any atom is -0.482 e. The number of ether oxygens (including phenoxy) is 3. The van der Waals surface area contributed by atoms with Crippen LogP contribution in [0, 0.1) is 6.92 Å². The van der Waals surface area contributed by atoms with Crippen LogP contribution in [-0.4, -0.2) is 18.5 Å². The molecule has 0 aromatic heterocycles. The van der Waals surface area contributed by atoms with Gasteiger partial charge in [0, 0.05) is 5.02 Å². The Morgan fingerprint density at radius 2 is 1.66 bits per heavy atom. The monoisotopic (exact) mass is 410 g/mol. The van der Waals surface area contributed by atoms with Gasteiger partial charge in [-0.1, -0.05) is 41.9 Å². The van der Waals surface area contributed by atoms with E-state index in [0.29, 0.717) is 22.1 Å². The zero-order valence-corrected chi connectivity index (χ0v) is 16.5. The Kier molecular flexibility index (Phi) is 6.87. The average molecular weight is 411 g/mol. The minimum atomic E-state index is -0.557. The number of rotatable bonds is 7. The topological polar surface area (TPSA) is 61.8 Å². The molecule has 29 heavy (non-hydrogen) atoms.